The van der Waals surface area contributed by atoms with E-state index in [-0.39, 0.29) is 42.9 Å². The number of fused-ring (bicyclic) bond motifs is 1. The number of methoxy groups -OCH3 is 1. The molecule has 9 heteroatoms. The van der Waals surface area contributed by atoms with Gasteiger partial charge in [-0.2, -0.15) is 0 Å². The van der Waals surface area contributed by atoms with E-state index in [1.54, 1.807) is 55.6 Å². The number of carbonyl (C=O) groups is 2. The molecular formula is C31H29ClN2O6. The van der Waals surface area contributed by atoms with Gasteiger partial charge >= 0.3 is 5.97 Å². The summed E-state index contributed by atoms with van der Waals surface area (Å²) < 4.78 is 10.5. The summed E-state index contributed by atoms with van der Waals surface area (Å²) in [5, 5.41) is 22.8. The van der Waals surface area contributed by atoms with Gasteiger partial charge < -0.3 is 25.0 Å². The van der Waals surface area contributed by atoms with Crippen molar-refractivity contribution in [2.45, 2.75) is 12.5 Å². The lowest BCUT2D eigenvalue weighted by Gasteiger charge is -2.18. The van der Waals surface area contributed by atoms with Crippen molar-refractivity contribution in [1.29, 1.82) is 0 Å². The maximum absolute atomic E-state index is 13.3. The smallest absolute Gasteiger partial charge is 0.338 e. The number of pyridine rings is 1. The van der Waals surface area contributed by atoms with Crippen LogP contribution in [0.25, 0.3) is 23.1 Å². The molecule has 4 aromatic rings. The van der Waals surface area contributed by atoms with Crippen molar-refractivity contribution >= 4 is 46.5 Å². The first-order valence-corrected chi connectivity index (χ1v) is 13.0. The molecule has 0 aliphatic carbocycles. The van der Waals surface area contributed by atoms with E-state index < -0.39 is 11.9 Å². The van der Waals surface area contributed by atoms with Gasteiger partial charge in [0.05, 0.1) is 30.3 Å². The van der Waals surface area contributed by atoms with Gasteiger partial charge in [-0.15, -0.1) is 0 Å². The van der Waals surface area contributed by atoms with E-state index >= 15 is 0 Å². The van der Waals surface area contributed by atoms with Crippen molar-refractivity contribution in [3.63, 3.8) is 0 Å². The Bertz CT molecular complexity index is 1500. The number of nitrogens with zero attached hydrogens (tertiary/aromatic N) is 1. The third-order valence-corrected chi connectivity index (χ3v) is 6.32. The number of hydrogen-bond donors (Lipinski definition) is 3. The number of ether oxygens (including phenoxy) is 2. The summed E-state index contributed by atoms with van der Waals surface area (Å²) in [7, 11) is 1.54. The minimum atomic E-state index is -0.674. The van der Waals surface area contributed by atoms with Gasteiger partial charge in [-0.25, -0.2) is 9.78 Å². The topological polar surface area (TPSA) is 118 Å². The van der Waals surface area contributed by atoms with E-state index in [9.17, 15) is 14.7 Å². The Morgan fingerprint density at radius 3 is 2.40 bits per heavy atom. The predicted octanol–water partition coefficient (Wildman–Crippen LogP) is 4.90. The van der Waals surface area contributed by atoms with Gasteiger partial charge in [0.1, 0.15) is 18.1 Å². The van der Waals surface area contributed by atoms with Crippen molar-refractivity contribution in [2.75, 3.05) is 26.9 Å². The second-order valence-corrected chi connectivity index (χ2v) is 9.51. The SMILES string of the molecule is COC[C@H](Cc1ccc(O)cc1)NC(=O)c1cc(C(=O)OCCO)c2cc(/C=C/c3ccc(Cl)cc3)ccc2n1. The van der Waals surface area contributed by atoms with Crippen molar-refractivity contribution in [1.82, 2.24) is 10.3 Å². The van der Waals surface area contributed by atoms with Gasteiger partial charge in [-0.05, 0) is 65.6 Å². The first-order chi connectivity index (χ1) is 19.4. The zero-order chi connectivity index (χ0) is 28.5. The quantitative estimate of drug-likeness (QED) is 0.176. The van der Waals surface area contributed by atoms with E-state index in [1.807, 2.05) is 30.4 Å². The normalized spacial score (nSPS) is 12.0. The molecule has 1 atom stereocenters. The summed E-state index contributed by atoms with van der Waals surface area (Å²) in [4.78, 5) is 30.7. The van der Waals surface area contributed by atoms with Crippen LogP contribution in [-0.2, 0) is 15.9 Å². The number of nitrogens with one attached hydrogen (secondary N) is 1. The molecule has 0 spiro atoms. The zero-order valence-corrected chi connectivity index (χ0v) is 22.6. The number of esters is 1. The van der Waals surface area contributed by atoms with Crippen LogP contribution < -0.4 is 5.32 Å². The van der Waals surface area contributed by atoms with Gasteiger partial charge in [0.15, 0.2) is 0 Å². The van der Waals surface area contributed by atoms with Gasteiger partial charge in [-0.1, -0.05) is 54.1 Å². The monoisotopic (exact) mass is 560 g/mol. The number of aliphatic hydroxyl groups excluding tert-OH is 1. The Kier molecular flexibility index (Phi) is 9.86. The van der Waals surface area contributed by atoms with Gasteiger partial charge in [0, 0.05) is 17.5 Å². The molecule has 1 aromatic heterocycles. The highest BCUT2D eigenvalue weighted by atomic mass is 35.5. The number of carbonyl (C=O) groups excluding carboxylic acids is 2. The molecule has 0 fully saturated rings. The average molecular weight is 561 g/mol. The fourth-order valence-corrected chi connectivity index (χ4v) is 4.27. The third kappa shape index (κ3) is 7.66. The number of aromatic nitrogens is 1. The largest absolute Gasteiger partial charge is 0.508 e. The number of hydrogen-bond acceptors (Lipinski definition) is 7. The number of halogens is 1. The Hall–Kier alpha value is -4.24. The van der Waals surface area contributed by atoms with Crippen molar-refractivity contribution < 1.29 is 29.3 Å². The van der Waals surface area contributed by atoms with Crippen LogP contribution in [0.1, 0.15) is 37.5 Å². The highest BCUT2D eigenvalue weighted by Gasteiger charge is 2.21. The van der Waals surface area contributed by atoms with Gasteiger partial charge in [-0.3, -0.25) is 4.79 Å². The standard InChI is InChI=1S/C31H29ClN2O6/c1-39-19-24(16-21-6-11-25(36)12-7-21)33-30(37)29-18-27(31(38)40-15-14-35)26-17-22(8-13-28(26)34-29)3-2-20-4-9-23(32)10-5-20/h2-13,17-18,24,35-36H,14-16,19H2,1H3,(H,33,37)/b3-2+/t24-/m0/s1. The maximum atomic E-state index is 13.3. The second kappa shape index (κ2) is 13.7. The average Bonchev–Trinajstić information content (AvgIpc) is 2.96. The van der Waals surface area contributed by atoms with Crippen LogP contribution in [-0.4, -0.2) is 60.0 Å². The minimum absolute atomic E-state index is 0.0414. The summed E-state index contributed by atoms with van der Waals surface area (Å²) in [5.74, 6) is -1.00. The van der Waals surface area contributed by atoms with Gasteiger partial charge in [0.2, 0.25) is 0 Å². The minimum Gasteiger partial charge on any atom is -0.508 e. The molecular weight excluding hydrogens is 532 g/mol. The number of rotatable bonds is 11. The Labute approximate surface area is 236 Å². The molecule has 0 aliphatic heterocycles. The summed E-state index contributed by atoms with van der Waals surface area (Å²) in [6.45, 7) is -0.259. The number of aliphatic hydroxyl groups is 1. The number of phenols is 1. The maximum Gasteiger partial charge on any atom is 0.338 e. The Balaban J connectivity index is 1.63. The van der Waals surface area contributed by atoms with Crippen LogP contribution in [0.5, 0.6) is 5.75 Å². The molecule has 40 heavy (non-hydrogen) atoms. The second-order valence-electron chi connectivity index (χ2n) is 9.07. The summed E-state index contributed by atoms with van der Waals surface area (Å²) >= 11 is 5.96. The molecule has 3 N–H and O–H groups in total. The highest BCUT2D eigenvalue weighted by molar-refractivity contribution is 6.30. The molecule has 3 aromatic carbocycles. The lowest BCUT2D eigenvalue weighted by molar-refractivity contribution is 0.0436. The zero-order valence-electron chi connectivity index (χ0n) is 21.8. The first-order valence-electron chi connectivity index (χ1n) is 12.6. The number of aromatic hydroxyl groups is 1. The van der Waals surface area contributed by atoms with Crippen LogP contribution in [0.3, 0.4) is 0 Å². The molecule has 0 saturated heterocycles. The fourth-order valence-electron chi connectivity index (χ4n) is 4.14. The molecule has 1 heterocycles. The Morgan fingerprint density at radius 1 is 1.00 bits per heavy atom. The van der Waals surface area contributed by atoms with Crippen molar-refractivity contribution in [3.8, 4) is 5.75 Å². The van der Waals surface area contributed by atoms with Crippen LogP contribution in [0.4, 0.5) is 0 Å². The fraction of sp³-hybridized carbons (Fsp3) is 0.194. The molecule has 0 radical (unpaired) electrons. The molecule has 0 saturated carbocycles. The van der Waals surface area contributed by atoms with Crippen LogP contribution >= 0.6 is 11.6 Å². The molecule has 0 unspecified atom stereocenters. The molecule has 8 nitrogen and oxygen atoms in total. The number of phenolic OH excluding ortho intramolecular Hbond substituents is 1. The molecule has 0 aliphatic rings. The number of benzene rings is 3. The van der Waals surface area contributed by atoms with Crippen molar-refractivity contribution in [3.05, 3.63) is 106 Å². The van der Waals surface area contributed by atoms with Crippen LogP contribution in [0.2, 0.25) is 5.02 Å². The third-order valence-electron chi connectivity index (χ3n) is 6.07. The summed E-state index contributed by atoms with van der Waals surface area (Å²) in [5.41, 5.74) is 3.31. The van der Waals surface area contributed by atoms with Crippen molar-refractivity contribution in [2.24, 2.45) is 0 Å². The van der Waals surface area contributed by atoms with E-state index in [2.05, 4.69) is 10.3 Å². The van der Waals surface area contributed by atoms with Crippen LogP contribution in [0, 0.1) is 0 Å². The Morgan fingerprint density at radius 2 is 1.70 bits per heavy atom. The van der Waals surface area contributed by atoms with Gasteiger partial charge in [0.25, 0.3) is 5.91 Å². The first kappa shape index (κ1) is 28.8. The molecule has 206 valence electrons. The lowest BCUT2D eigenvalue weighted by Crippen LogP contribution is -2.40. The highest BCUT2D eigenvalue weighted by Crippen LogP contribution is 2.23. The number of amides is 1. The lowest BCUT2D eigenvalue weighted by atomic mass is 10.0. The summed E-state index contributed by atoms with van der Waals surface area (Å²) in [6.07, 6.45) is 4.27. The van der Waals surface area contributed by atoms with E-state index in [1.165, 1.54) is 6.07 Å². The van der Waals surface area contributed by atoms with E-state index in [0.717, 1.165) is 16.7 Å². The predicted molar refractivity (Wildman–Crippen MR) is 154 cm³/mol. The van der Waals surface area contributed by atoms with E-state index in [0.29, 0.717) is 22.3 Å². The molecule has 0 bridgehead atoms. The van der Waals surface area contributed by atoms with E-state index in [4.69, 9.17) is 26.2 Å². The molecule has 1 amide bonds. The summed E-state index contributed by atoms with van der Waals surface area (Å²) in [6, 6.07) is 20.5. The van der Waals surface area contributed by atoms with Crippen LogP contribution in [0.15, 0.2) is 72.8 Å². The molecule has 4 rings (SSSR count).